The van der Waals surface area contributed by atoms with Crippen molar-refractivity contribution in [2.45, 2.75) is 32.7 Å². The number of halogens is 1. The highest BCUT2D eigenvalue weighted by molar-refractivity contribution is 6.30. The highest BCUT2D eigenvalue weighted by Gasteiger charge is 2.13. The third kappa shape index (κ3) is 5.07. The molecule has 0 radical (unpaired) electrons. The molecule has 0 spiro atoms. The van der Waals surface area contributed by atoms with E-state index in [1.54, 1.807) is 12.1 Å². The second-order valence-corrected chi connectivity index (χ2v) is 5.22. The number of aliphatic hydroxyl groups excluding tert-OH is 1. The Hall–Kier alpha value is -1.06. The Kier molecular flexibility index (Phi) is 6.16. The van der Waals surface area contributed by atoms with Crippen LogP contribution in [0.15, 0.2) is 24.3 Å². The van der Waals surface area contributed by atoms with Crippen molar-refractivity contribution in [2.24, 2.45) is 5.92 Å². The van der Waals surface area contributed by atoms with Crippen LogP contribution in [0.4, 0.5) is 0 Å². The first-order valence-electron chi connectivity index (χ1n) is 6.18. The lowest BCUT2D eigenvalue weighted by molar-refractivity contribution is -0.122. The lowest BCUT2D eigenvalue weighted by atomic mass is 10.1. The van der Waals surface area contributed by atoms with E-state index in [-0.39, 0.29) is 18.6 Å². The Morgan fingerprint density at radius 3 is 2.44 bits per heavy atom. The molecule has 1 aromatic carbocycles. The van der Waals surface area contributed by atoms with Crippen LogP contribution in [0.1, 0.15) is 38.3 Å². The number of rotatable bonds is 6. The fourth-order valence-corrected chi connectivity index (χ4v) is 1.74. The second kappa shape index (κ2) is 7.39. The molecule has 1 aromatic rings. The Bertz CT molecular complexity index is 376. The average molecular weight is 270 g/mol. The Labute approximate surface area is 113 Å². The Morgan fingerprint density at radius 2 is 1.94 bits per heavy atom. The Morgan fingerprint density at radius 1 is 1.33 bits per heavy atom. The topological polar surface area (TPSA) is 49.3 Å². The molecule has 1 rings (SSSR count). The molecule has 4 heteroatoms. The molecule has 0 aliphatic heterocycles. The number of hydrogen-bond acceptors (Lipinski definition) is 2. The van der Waals surface area contributed by atoms with Gasteiger partial charge in [0.15, 0.2) is 0 Å². The second-order valence-electron chi connectivity index (χ2n) is 4.79. The molecule has 0 aliphatic carbocycles. The molecule has 0 bridgehead atoms. The fraction of sp³-hybridized carbons (Fsp3) is 0.500. The monoisotopic (exact) mass is 269 g/mol. The van der Waals surface area contributed by atoms with E-state index in [4.69, 9.17) is 11.6 Å². The van der Waals surface area contributed by atoms with E-state index in [2.05, 4.69) is 19.2 Å². The van der Waals surface area contributed by atoms with Crippen LogP contribution >= 0.6 is 11.6 Å². The molecule has 2 N–H and O–H groups in total. The van der Waals surface area contributed by atoms with Crippen molar-refractivity contribution in [3.8, 4) is 0 Å². The molecule has 0 aromatic heterocycles. The summed E-state index contributed by atoms with van der Waals surface area (Å²) in [5.41, 5.74) is 0.861. The maximum absolute atomic E-state index is 11.7. The number of carbonyl (C=O) groups excluding carboxylic acids is 1. The molecule has 0 aliphatic rings. The number of carbonyl (C=O) groups is 1. The molecule has 0 heterocycles. The molecule has 1 unspecified atom stereocenters. The third-order valence-corrected chi connectivity index (χ3v) is 2.99. The third-order valence-electron chi connectivity index (χ3n) is 2.74. The molecule has 0 saturated carbocycles. The van der Waals surface area contributed by atoms with Crippen molar-refractivity contribution in [3.05, 3.63) is 34.9 Å². The van der Waals surface area contributed by atoms with Gasteiger partial charge in [-0.25, -0.2) is 0 Å². The minimum Gasteiger partial charge on any atom is -0.394 e. The van der Waals surface area contributed by atoms with Crippen LogP contribution in [-0.2, 0) is 4.79 Å². The molecule has 0 saturated heterocycles. The van der Waals surface area contributed by atoms with Gasteiger partial charge in [0, 0.05) is 11.4 Å². The largest absolute Gasteiger partial charge is 0.394 e. The van der Waals surface area contributed by atoms with E-state index < -0.39 is 0 Å². The summed E-state index contributed by atoms with van der Waals surface area (Å²) in [5.74, 6) is 0.469. The van der Waals surface area contributed by atoms with Crippen LogP contribution in [0.2, 0.25) is 5.02 Å². The molecular weight excluding hydrogens is 250 g/mol. The van der Waals surface area contributed by atoms with E-state index in [0.29, 0.717) is 17.4 Å². The van der Waals surface area contributed by atoms with Gasteiger partial charge >= 0.3 is 0 Å². The van der Waals surface area contributed by atoms with Crippen molar-refractivity contribution in [1.82, 2.24) is 5.32 Å². The van der Waals surface area contributed by atoms with Gasteiger partial charge in [0.05, 0.1) is 12.6 Å². The molecule has 1 amide bonds. The summed E-state index contributed by atoms with van der Waals surface area (Å²) in [6.07, 6.45) is 1.34. The van der Waals surface area contributed by atoms with E-state index in [1.807, 2.05) is 12.1 Å². The zero-order valence-corrected chi connectivity index (χ0v) is 11.6. The Balaban J connectivity index is 2.56. The van der Waals surface area contributed by atoms with Crippen LogP contribution in [-0.4, -0.2) is 17.6 Å². The normalized spacial score (nSPS) is 12.5. The van der Waals surface area contributed by atoms with Gasteiger partial charge in [-0.2, -0.15) is 0 Å². The van der Waals surface area contributed by atoms with Crippen molar-refractivity contribution < 1.29 is 9.90 Å². The van der Waals surface area contributed by atoms with Crippen molar-refractivity contribution in [2.75, 3.05) is 6.61 Å². The van der Waals surface area contributed by atoms with Gasteiger partial charge in [0.1, 0.15) is 0 Å². The summed E-state index contributed by atoms with van der Waals surface area (Å²) in [7, 11) is 0. The fourth-order valence-electron chi connectivity index (χ4n) is 1.62. The van der Waals surface area contributed by atoms with Crippen molar-refractivity contribution in [3.63, 3.8) is 0 Å². The van der Waals surface area contributed by atoms with Crippen LogP contribution in [0.25, 0.3) is 0 Å². The lowest BCUT2D eigenvalue weighted by Crippen LogP contribution is -2.30. The van der Waals surface area contributed by atoms with Gasteiger partial charge in [0.2, 0.25) is 5.91 Å². The molecule has 100 valence electrons. The van der Waals surface area contributed by atoms with E-state index in [1.165, 1.54) is 0 Å². The first kappa shape index (κ1) is 15.0. The SMILES string of the molecule is CC(C)CCC(=O)NC(CO)c1ccc(Cl)cc1. The number of benzene rings is 1. The summed E-state index contributed by atoms with van der Waals surface area (Å²) in [4.78, 5) is 11.7. The van der Waals surface area contributed by atoms with Gasteiger partial charge in [0.25, 0.3) is 0 Å². The molecule has 1 atom stereocenters. The van der Waals surface area contributed by atoms with Gasteiger partial charge in [-0.3, -0.25) is 4.79 Å². The van der Waals surface area contributed by atoms with Crippen LogP contribution in [0.5, 0.6) is 0 Å². The first-order valence-corrected chi connectivity index (χ1v) is 6.56. The van der Waals surface area contributed by atoms with Crippen molar-refractivity contribution >= 4 is 17.5 Å². The predicted molar refractivity (Wildman–Crippen MR) is 73.5 cm³/mol. The number of amides is 1. The maximum atomic E-state index is 11.7. The highest BCUT2D eigenvalue weighted by Crippen LogP contribution is 2.16. The standard InChI is InChI=1S/C14H20ClNO2/c1-10(2)3-8-14(18)16-13(9-17)11-4-6-12(15)7-5-11/h4-7,10,13,17H,3,8-9H2,1-2H3,(H,16,18). The van der Waals surface area contributed by atoms with Gasteiger partial charge < -0.3 is 10.4 Å². The molecule has 3 nitrogen and oxygen atoms in total. The molecule has 18 heavy (non-hydrogen) atoms. The lowest BCUT2D eigenvalue weighted by Gasteiger charge is -2.17. The minimum absolute atomic E-state index is 0.0299. The summed E-state index contributed by atoms with van der Waals surface area (Å²) in [6, 6.07) is 6.76. The van der Waals surface area contributed by atoms with Gasteiger partial charge in [-0.1, -0.05) is 37.6 Å². The first-order chi connectivity index (χ1) is 8.52. The van der Waals surface area contributed by atoms with Crippen LogP contribution < -0.4 is 5.32 Å². The van der Waals surface area contributed by atoms with E-state index in [0.717, 1.165) is 12.0 Å². The smallest absolute Gasteiger partial charge is 0.220 e. The predicted octanol–water partition coefficient (Wildman–Crippen LogP) is 2.93. The summed E-state index contributed by atoms with van der Waals surface area (Å²) in [5, 5.41) is 12.8. The summed E-state index contributed by atoms with van der Waals surface area (Å²) < 4.78 is 0. The highest BCUT2D eigenvalue weighted by atomic mass is 35.5. The summed E-state index contributed by atoms with van der Waals surface area (Å²) >= 11 is 5.80. The molecular formula is C14H20ClNO2. The maximum Gasteiger partial charge on any atom is 0.220 e. The van der Waals surface area contributed by atoms with Crippen LogP contribution in [0, 0.1) is 5.92 Å². The van der Waals surface area contributed by atoms with E-state index in [9.17, 15) is 9.90 Å². The zero-order chi connectivity index (χ0) is 13.5. The van der Waals surface area contributed by atoms with Crippen molar-refractivity contribution in [1.29, 1.82) is 0 Å². The quantitative estimate of drug-likeness (QED) is 0.834. The average Bonchev–Trinajstić information content (AvgIpc) is 2.34. The summed E-state index contributed by atoms with van der Waals surface area (Å²) in [6.45, 7) is 4.04. The molecule has 0 fully saturated rings. The number of hydrogen-bond donors (Lipinski definition) is 2. The minimum atomic E-state index is -0.359. The van der Waals surface area contributed by atoms with E-state index >= 15 is 0 Å². The van der Waals surface area contributed by atoms with Crippen LogP contribution in [0.3, 0.4) is 0 Å². The number of nitrogens with one attached hydrogen (secondary N) is 1. The van der Waals surface area contributed by atoms with Gasteiger partial charge in [-0.15, -0.1) is 0 Å². The zero-order valence-electron chi connectivity index (χ0n) is 10.8. The number of aliphatic hydroxyl groups is 1. The van der Waals surface area contributed by atoms with Gasteiger partial charge in [-0.05, 0) is 30.0 Å².